The first-order valence-electron chi connectivity index (χ1n) is 5.96. The van der Waals surface area contributed by atoms with E-state index >= 15 is 0 Å². The number of phenolic OH excluding ortho intramolecular Hbond substituents is 1. The molecule has 0 radical (unpaired) electrons. The molecular formula is C15H13BrClNO2. The number of carbonyl (C=O) groups excluding carboxylic acids is 1. The number of rotatable bonds is 3. The molecule has 0 bridgehead atoms. The zero-order valence-electron chi connectivity index (χ0n) is 10.8. The van der Waals surface area contributed by atoms with Crippen molar-refractivity contribution < 1.29 is 9.90 Å². The van der Waals surface area contributed by atoms with E-state index in [1.54, 1.807) is 54.4 Å². The number of benzene rings is 2. The maximum atomic E-state index is 12.3. The van der Waals surface area contributed by atoms with Gasteiger partial charge in [0.15, 0.2) is 0 Å². The fraction of sp³-hybridized carbons (Fsp3) is 0.133. The number of phenols is 1. The van der Waals surface area contributed by atoms with Gasteiger partial charge in [-0.1, -0.05) is 39.7 Å². The van der Waals surface area contributed by atoms with Crippen molar-refractivity contribution in [3.8, 4) is 5.75 Å². The highest BCUT2D eigenvalue weighted by Crippen LogP contribution is 2.23. The van der Waals surface area contributed by atoms with Crippen LogP contribution in [0, 0.1) is 0 Å². The third-order valence-electron chi connectivity index (χ3n) is 2.86. The summed E-state index contributed by atoms with van der Waals surface area (Å²) in [6, 6.07) is 11.9. The van der Waals surface area contributed by atoms with Gasteiger partial charge in [-0.3, -0.25) is 4.79 Å². The van der Waals surface area contributed by atoms with Crippen molar-refractivity contribution in [3.63, 3.8) is 0 Å². The molecule has 2 aromatic carbocycles. The van der Waals surface area contributed by atoms with Crippen LogP contribution < -0.4 is 0 Å². The Morgan fingerprint density at radius 1 is 1.25 bits per heavy atom. The summed E-state index contributed by atoms with van der Waals surface area (Å²) in [6.45, 7) is 0.450. The largest absolute Gasteiger partial charge is 0.508 e. The minimum atomic E-state index is -0.143. The van der Waals surface area contributed by atoms with Gasteiger partial charge < -0.3 is 10.0 Å². The highest BCUT2D eigenvalue weighted by Gasteiger charge is 2.15. The predicted molar refractivity (Wildman–Crippen MR) is 83.1 cm³/mol. The first-order valence-corrected chi connectivity index (χ1v) is 7.13. The minimum Gasteiger partial charge on any atom is -0.508 e. The molecule has 0 unspecified atom stereocenters. The maximum Gasteiger partial charge on any atom is 0.255 e. The second-order valence-electron chi connectivity index (χ2n) is 4.45. The van der Waals surface area contributed by atoms with Gasteiger partial charge in [0.25, 0.3) is 5.91 Å². The van der Waals surface area contributed by atoms with E-state index in [9.17, 15) is 9.90 Å². The molecule has 1 N–H and O–H groups in total. The van der Waals surface area contributed by atoms with Gasteiger partial charge in [0, 0.05) is 18.1 Å². The monoisotopic (exact) mass is 353 g/mol. The van der Waals surface area contributed by atoms with E-state index in [0.717, 1.165) is 10.0 Å². The summed E-state index contributed by atoms with van der Waals surface area (Å²) in [7, 11) is 1.72. The Hall–Kier alpha value is -1.52. The molecule has 1 amide bonds. The molecule has 2 rings (SSSR count). The number of hydrogen-bond donors (Lipinski definition) is 1. The Morgan fingerprint density at radius 3 is 2.50 bits per heavy atom. The topological polar surface area (TPSA) is 40.5 Å². The lowest BCUT2D eigenvalue weighted by Gasteiger charge is -2.18. The van der Waals surface area contributed by atoms with Crippen LogP contribution in [0.3, 0.4) is 0 Å². The van der Waals surface area contributed by atoms with Crippen LogP contribution in [0.5, 0.6) is 5.75 Å². The molecule has 2 aromatic rings. The molecule has 5 heteroatoms. The van der Waals surface area contributed by atoms with Crippen LogP contribution >= 0.6 is 27.5 Å². The van der Waals surface area contributed by atoms with Crippen LogP contribution in [0.1, 0.15) is 15.9 Å². The van der Waals surface area contributed by atoms with Crippen LogP contribution in [0.15, 0.2) is 46.9 Å². The third-order valence-corrected chi connectivity index (χ3v) is 3.67. The van der Waals surface area contributed by atoms with Gasteiger partial charge in [-0.15, -0.1) is 0 Å². The molecule has 20 heavy (non-hydrogen) atoms. The van der Waals surface area contributed by atoms with Crippen LogP contribution in [0.4, 0.5) is 0 Å². The highest BCUT2D eigenvalue weighted by atomic mass is 79.9. The maximum absolute atomic E-state index is 12.3. The summed E-state index contributed by atoms with van der Waals surface area (Å²) < 4.78 is 0.834. The number of aromatic hydroxyl groups is 1. The number of nitrogens with zero attached hydrogens (tertiary/aromatic N) is 1. The molecule has 0 spiro atoms. The zero-order valence-corrected chi connectivity index (χ0v) is 13.1. The molecule has 0 atom stereocenters. The Morgan fingerprint density at radius 2 is 1.90 bits per heavy atom. The fourth-order valence-electron chi connectivity index (χ4n) is 1.82. The van der Waals surface area contributed by atoms with E-state index in [-0.39, 0.29) is 11.7 Å². The number of amides is 1. The molecule has 3 nitrogen and oxygen atoms in total. The number of carbonyl (C=O) groups is 1. The molecule has 0 saturated carbocycles. The molecule has 0 aliphatic rings. The van der Waals surface area contributed by atoms with Crippen LogP contribution in [0.2, 0.25) is 5.02 Å². The second-order valence-corrected chi connectivity index (χ2v) is 5.77. The molecule has 0 fully saturated rings. The standard InChI is InChI=1S/C15H13BrClNO2/c1-18(9-10-2-5-12(19)6-3-10)15(20)13-7-4-11(16)8-14(13)17/h2-8,19H,9H2,1H3. The van der Waals surface area contributed by atoms with Gasteiger partial charge in [-0.2, -0.15) is 0 Å². The quantitative estimate of drug-likeness (QED) is 0.902. The van der Waals surface area contributed by atoms with E-state index in [2.05, 4.69) is 15.9 Å². The summed E-state index contributed by atoms with van der Waals surface area (Å²) in [5.74, 6) is 0.0641. The second kappa shape index (κ2) is 6.29. The van der Waals surface area contributed by atoms with E-state index in [0.29, 0.717) is 17.1 Å². The summed E-state index contributed by atoms with van der Waals surface area (Å²) in [5, 5.41) is 9.66. The molecule has 0 aliphatic carbocycles. The average molecular weight is 355 g/mol. The zero-order chi connectivity index (χ0) is 14.7. The van der Waals surface area contributed by atoms with Crippen molar-refractivity contribution >= 4 is 33.4 Å². The minimum absolute atomic E-state index is 0.143. The summed E-state index contributed by atoms with van der Waals surface area (Å²) >= 11 is 9.39. The Bertz CT molecular complexity index is 628. The van der Waals surface area contributed by atoms with Gasteiger partial charge in [0.05, 0.1) is 10.6 Å². The molecule has 0 saturated heterocycles. The fourth-order valence-corrected chi connectivity index (χ4v) is 2.57. The van der Waals surface area contributed by atoms with Gasteiger partial charge in [-0.05, 0) is 35.9 Å². The first-order chi connectivity index (χ1) is 9.47. The van der Waals surface area contributed by atoms with Crippen LogP contribution in [-0.4, -0.2) is 23.0 Å². The smallest absolute Gasteiger partial charge is 0.255 e. The predicted octanol–water partition coefficient (Wildman–Crippen LogP) is 4.08. The van der Waals surface area contributed by atoms with Gasteiger partial charge in [0.2, 0.25) is 0 Å². The Balaban J connectivity index is 2.14. The summed E-state index contributed by atoms with van der Waals surface area (Å²) in [6.07, 6.45) is 0. The van der Waals surface area contributed by atoms with Crippen molar-refractivity contribution in [3.05, 3.63) is 63.1 Å². The number of halogens is 2. The molecule has 0 aliphatic heterocycles. The summed E-state index contributed by atoms with van der Waals surface area (Å²) in [4.78, 5) is 13.9. The molecule has 0 aromatic heterocycles. The first kappa shape index (κ1) is 14.9. The van der Waals surface area contributed by atoms with E-state index < -0.39 is 0 Å². The third kappa shape index (κ3) is 3.52. The normalized spacial score (nSPS) is 10.3. The molecular weight excluding hydrogens is 342 g/mol. The van der Waals surface area contributed by atoms with E-state index in [1.165, 1.54) is 0 Å². The van der Waals surface area contributed by atoms with Gasteiger partial charge in [-0.25, -0.2) is 0 Å². The van der Waals surface area contributed by atoms with Crippen LogP contribution in [0.25, 0.3) is 0 Å². The average Bonchev–Trinajstić information content (AvgIpc) is 2.40. The summed E-state index contributed by atoms with van der Waals surface area (Å²) in [5.41, 5.74) is 1.41. The highest BCUT2D eigenvalue weighted by molar-refractivity contribution is 9.10. The lowest BCUT2D eigenvalue weighted by atomic mass is 10.1. The Kier molecular flexibility index (Phi) is 4.68. The van der Waals surface area contributed by atoms with Gasteiger partial charge in [0.1, 0.15) is 5.75 Å². The van der Waals surface area contributed by atoms with E-state index in [1.807, 2.05) is 0 Å². The van der Waals surface area contributed by atoms with Crippen molar-refractivity contribution in [1.29, 1.82) is 0 Å². The molecule has 0 heterocycles. The lowest BCUT2D eigenvalue weighted by molar-refractivity contribution is 0.0785. The van der Waals surface area contributed by atoms with Crippen molar-refractivity contribution in [2.75, 3.05) is 7.05 Å². The lowest BCUT2D eigenvalue weighted by Crippen LogP contribution is -2.26. The SMILES string of the molecule is CN(Cc1ccc(O)cc1)C(=O)c1ccc(Br)cc1Cl. The van der Waals surface area contributed by atoms with Crippen LogP contribution in [-0.2, 0) is 6.54 Å². The molecule has 104 valence electrons. The number of hydrogen-bond acceptors (Lipinski definition) is 2. The van der Waals surface area contributed by atoms with Gasteiger partial charge >= 0.3 is 0 Å². The van der Waals surface area contributed by atoms with Crippen molar-refractivity contribution in [2.24, 2.45) is 0 Å². The van der Waals surface area contributed by atoms with Crippen molar-refractivity contribution in [1.82, 2.24) is 4.90 Å². The van der Waals surface area contributed by atoms with Crippen molar-refractivity contribution in [2.45, 2.75) is 6.54 Å². The Labute approximate surface area is 130 Å². The van der Waals surface area contributed by atoms with E-state index in [4.69, 9.17) is 11.6 Å².